The maximum Gasteiger partial charge on any atom is 0.255 e. The molecule has 3 amide bonds. The SMILES string of the molecule is C=C1CCC[C@H](N2Cc3c(OCc4ccc(CNC(=O)CCCCCCNC(=O)CC5N=C(c6ccc(Cl)cc6)c6c(sc(C)c6C)C6C(C)=NN=C56)cc4)cccc3C2=O)C(=O)C1. The number of amides is 3. The summed E-state index contributed by atoms with van der Waals surface area (Å²) in [7, 11) is 0. The van der Waals surface area contributed by atoms with Gasteiger partial charge in [0.15, 0.2) is 5.78 Å². The summed E-state index contributed by atoms with van der Waals surface area (Å²) in [5, 5.41) is 15.8. The maximum absolute atomic E-state index is 13.3. The number of fused-ring (bicyclic) bond motifs is 4. The number of ketones is 1. The summed E-state index contributed by atoms with van der Waals surface area (Å²) < 4.78 is 6.22. The Bertz CT molecular complexity index is 2560. The number of carbonyl (C=O) groups excluding carboxylic acids is 4. The number of rotatable bonds is 16. The zero-order valence-electron chi connectivity index (χ0n) is 36.8. The van der Waals surface area contributed by atoms with Crippen molar-refractivity contribution >= 4 is 63.6 Å². The Morgan fingerprint density at radius 1 is 0.922 bits per heavy atom. The molecule has 0 saturated heterocycles. The van der Waals surface area contributed by atoms with Gasteiger partial charge in [-0.2, -0.15) is 10.2 Å². The fraction of sp³-hybridized carbons (Fsp3) is 0.392. The van der Waals surface area contributed by atoms with Gasteiger partial charge in [0, 0.05) is 63.0 Å². The molecule has 64 heavy (non-hydrogen) atoms. The number of unbranched alkanes of at least 4 members (excludes halogenated alkanes) is 3. The van der Waals surface area contributed by atoms with Crippen LogP contribution in [-0.2, 0) is 34.1 Å². The highest BCUT2D eigenvalue weighted by Crippen LogP contribution is 2.42. The van der Waals surface area contributed by atoms with Crippen molar-refractivity contribution in [1.82, 2.24) is 15.5 Å². The number of halogens is 1. The highest BCUT2D eigenvalue weighted by atomic mass is 35.5. The summed E-state index contributed by atoms with van der Waals surface area (Å²) >= 11 is 8.00. The molecule has 13 heteroatoms. The lowest BCUT2D eigenvalue weighted by Gasteiger charge is -2.25. The van der Waals surface area contributed by atoms with Gasteiger partial charge in [-0.3, -0.25) is 24.2 Å². The molecule has 8 rings (SSSR count). The number of ether oxygens (including phenoxy) is 1. The Morgan fingerprint density at radius 3 is 2.48 bits per heavy atom. The maximum atomic E-state index is 13.3. The number of allylic oxidation sites excluding steroid dienone is 1. The fourth-order valence-electron chi connectivity index (χ4n) is 9.11. The molecule has 1 aromatic heterocycles. The van der Waals surface area contributed by atoms with Gasteiger partial charge < -0.3 is 20.3 Å². The first kappa shape index (κ1) is 44.9. The smallest absolute Gasteiger partial charge is 0.255 e. The third kappa shape index (κ3) is 9.98. The van der Waals surface area contributed by atoms with Crippen molar-refractivity contribution < 1.29 is 23.9 Å². The largest absolute Gasteiger partial charge is 0.489 e. The van der Waals surface area contributed by atoms with E-state index in [0.29, 0.717) is 61.8 Å². The summed E-state index contributed by atoms with van der Waals surface area (Å²) in [4.78, 5) is 61.6. The fourth-order valence-corrected chi connectivity index (χ4v) is 10.6. The van der Waals surface area contributed by atoms with E-state index in [1.807, 2.05) is 73.7 Å². The van der Waals surface area contributed by atoms with Crippen molar-refractivity contribution in [3.63, 3.8) is 0 Å². The van der Waals surface area contributed by atoms with Gasteiger partial charge in [0.2, 0.25) is 11.8 Å². The van der Waals surface area contributed by atoms with Crippen LogP contribution in [0.4, 0.5) is 0 Å². The monoisotopic (exact) mass is 898 g/mol. The molecule has 3 aliphatic heterocycles. The molecule has 0 bridgehead atoms. The van der Waals surface area contributed by atoms with Crippen molar-refractivity contribution in [2.45, 2.75) is 123 Å². The number of aliphatic imine (C=N–C) groups is 1. The average molecular weight is 900 g/mol. The molecular formula is C51H55ClN6O5S. The zero-order valence-corrected chi connectivity index (χ0v) is 38.4. The first-order valence-corrected chi connectivity index (χ1v) is 23.6. The zero-order chi connectivity index (χ0) is 44.9. The first-order valence-electron chi connectivity index (χ1n) is 22.4. The van der Waals surface area contributed by atoms with Crippen molar-refractivity contribution in [2.24, 2.45) is 15.2 Å². The quantitative estimate of drug-likeness (QED) is 0.0655. The van der Waals surface area contributed by atoms with Crippen LogP contribution in [0.1, 0.15) is 131 Å². The number of aryl methyl sites for hydroxylation is 1. The van der Waals surface area contributed by atoms with E-state index in [4.69, 9.17) is 21.3 Å². The van der Waals surface area contributed by atoms with Gasteiger partial charge in [-0.05, 0) is 93.8 Å². The van der Waals surface area contributed by atoms with Crippen molar-refractivity contribution in [3.8, 4) is 5.75 Å². The third-order valence-electron chi connectivity index (χ3n) is 12.8. The summed E-state index contributed by atoms with van der Waals surface area (Å²) in [6.45, 7) is 11.9. The molecule has 1 aliphatic carbocycles. The molecule has 4 heterocycles. The number of thiophene rings is 1. The molecule has 3 atom stereocenters. The number of hydrogen-bond acceptors (Lipinski definition) is 9. The summed E-state index contributed by atoms with van der Waals surface area (Å²) in [6.07, 6.45) is 6.64. The molecule has 11 nitrogen and oxygen atoms in total. The van der Waals surface area contributed by atoms with E-state index in [1.165, 1.54) is 15.3 Å². The molecule has 1 saturated carbocycles. The lowest BCUT2D eigenvalue weighted by molar-refractivity contribution is -0.123. The number of nitrogens with zero attached hydrogens (tertiary/aromatic N) is 4. The summed E-state index contributed by atoms with van der Waals surface area (Å²) in [5.41, 5.74) is 10.1. The van der Waals surface area contributed by atoms with E-state index < -0.39 is 12.1 Å². The number of Topliss-reactive ketones (excluding diaryl/α,β-unsaturated/α-hetero) is 1. The Labute approximate surface area is 384 Å². The minimum atomic E-state index is -0.448. The van der Waals surface area contributed by atoms with Gasteiger partial charge in [-0.1, -0.05) is 79.1 Å². The molecule has 332 valence electrons. The van der Waals surface area contributed by atoms with Crippen LogP contribution < -0.4 is 15.4 Å². The highest BCUT2D eigenvalue weighted by Gasteiger charge is 2.41. The molecule has 4 aliphatic rings. The molecule has 2 unspecified atom stereocenters. The number of hydrogen-bond donors (Lipinski definition) is 2. The van der Waals surface area contributed by atoms with Crippen LogP contribution in [0, 0.1) is 13.8 Å². The van der Waals surface area contributed by atoms with Gasteiger partial charge in [0.25, 0.3) is 5.91 Å². The van der Waals surface area contributed by atoms with Gasteiger partial charge in [0.1, 0.15) is 18.4 Å². The third-order valence-corrected chi connectivity index (χ3v) is 14.3. The Hall–Kier alpha value is -5.72. The van der Waals surface area contributed by atoms with E-state index in [9.17, 15) is 19.2 Å². The lowest BCUT2D eigenvalue weighted by atomic mass is 9.88. The van der Waals surface area contributed by atoms with Crippen molar-refractivity contribution in [3.05, 3.63) is 133 Å². The summed E-state index contributed by atoms with van der Waals surface area (Å²) in [6, 6.07) is 20.3. The molecule has 0 spiro atoms. The first-order chi connectivity index (χ1) is 30.9. The molecule has 3 aromatic carbocycles. The normalized spacial score (nSPS) is 19.2. The number of nitrogens with one attached hydrogen (secondary N) is 2. The van der Waals surface area contributed by atoms with Crippen LogP contribution in [0.3, 0.4) is 0 Å². The minimum Gasteiger partial charge on any atom is -0.489 e. The van der Waals surface area contributed by atoms with Gasteiger partial charge in [0.05, 0.1) is 42.1 Å². The van der Waals surface area contributed by atoms with Crippen LogP contribution in [0.15, 0.2) is 94.1 Å². The minimum absolute atomic E-state index is 0.00621. The Balaban J connectivity index is 0.743. The van der Waals surface area contributed by atoms with Crippen LogP contribution in [-0.4, -0.2) is 64.2 Å². The number of benzene rings is 3. The predicted octanol–water partition coefficient (Wildman–Crippen LogP) is 9.53. The predicted molar refractivity (Wildman–Crippen MR) is 254 cm³/mol. The lowest BCUT2D eigenvalue weighted by Crippen LogP contribution is -2.40. The van der Waals surface area contributed by atoms with E-state index in [0.717, 1.165) is 89.1 Å². The van der Waals surface area contributed by atoms with Crippen LogP contribution in [0.2, 0.25) is 5.02 Å². The van der Waals surface area contributed by atoms with Crippen LogP contribution >= 0.6 is 22.9 Å². The number of carbonyl (C=O) groups is 4. The molecule has 0 radical (unpaired) electrons. The van der Waals surface area contributed by atoms with Crippen molar-refractivity contribution in [2.75, 3.05) is 6.54 Å². The standard InChI is InChI=1S/C51H55ClN6O5S/c1-30-11-9-13-41(42(59)25-30)58-28-39-38(51(58)62)12-10-14-43(39)63-29-35-18-16-34(17-19-35)27-54-44(60)15-7-5-6-8-24-53-45(61)26-40-49-47(32(3)56-57-49)50-46(31(2)33(4)64-50)48(55-40)36-20-22-37(52)23-21-36/h10,12,14,16-23,40-41,47H,1,5-9,11,13,15,24-29H2,2-4H3,(H,53,61)(H,54,60)/t40?,41-,47?/m0/s1. The summed E-state index contributed by atoms with van der Waals surface area (Å²) in [5.74, 6) is 0.430. The molecule has 1 fully saturated rings. The van der Waals surface area contributed by atoms with Crippen molar-refractivity contribution in [1.29, 1.82) is 0 Å². The van der Waals surface area contributed by atoms with E-state index in [-0.39, 0.29) is 35.8 Å². The van der Waals surface area contributed by atoms with Gasteiger partial charge >= 0.3 is 0 Å². The Kier molecular flexibility index (Phi) is 14.0. The average Bonchev–Trinajstić information content (AvgIpc) is 3.85. The van der Waals surface area contributed by atoms with Gasteiger partial charge in [-0.25, -0.2) is 0 Å². The molecular weight excluding hydrogens is 844 g/mol. The van der Waals surface area contributed by atoms with Crippen LogP contribution in [0.5, 0.6) is 5.75 Å². The van der Waals surface area contributed by atoms with E-state index in [1.54, 1.807) is 16.2 Å². The molecule has 4 aromatic rings. The van der Waals surface area contributed by atoms with E-state index >= 15 is 0 Å². The highest BCUT2D eigenvalue weighted by molar-refractivity contribution is 7.13. The van der Waals surface area contributed by atoms with E-state index in [2.05, 4.69) is 41.3 Å². The second kappa shape index (κ2) is 20.0. The topological polar surface area (TPSA) is 142 Å². The van der Waals surface area contributed by atoms with Gasteiger partial charge in [-0.15, -0.1) is 11.3 Å². The molecule has 2 N–H and O–H groups in total. The second-order valence-electron chi connectivity index (χ2n) is 17.3. The van der Waals surface area contributed by atoms with Crippen LogP contribution in [0.25, 0.3) is 0 Å². The second-order valence-corrected chi connectivity index (χ2v) is 19.0. The Morgan fingerprint density at radius 2 is 1.69 bits per heavy atom.